The summed E-state index contributed by atoms with van der Waals surface area (Å²) in [5.41, 5.74) is 5.52. The third-order valence-electron chi connectivity index (χ3n) is 11.0. The zero-order valence-electron chi connectivity index (χ0n) is 37.7. The van der Waals surface area contributed by atoms with E-state index >= 15 is 0 Å². The lowest BCUT2D eigenvalue weighted by atomic mass is 9.88. The first kappa shape index (κ1) is 47.6. The predicted octanol–water partition coefficient (Wildman–Crippen LogP) is 7.79. The summed E-state index contributed by atoms with van der Waals surface area (Å²) in [5, 5.41) is 0. The second-order valence-electron chi connectivity index (χ2n) is 16.1. The van der Waals surface area contributed by atoms with Crippen molar-refractivity contribution in [2.24, 2.45) is 0 Å². The fourth-order valence-electron chi connectivity index (χ4n) is 7.99. The van der Waals surface area contributed by atoms with Crippen molar-refractivity contribution in [3.8, 4) is 17.2 Å². The molecule has 1 amide bonds. The lowest BCUT2D eigenvalue weighted by Gasteiger charge is -2.43. The van der Waals surface area contributed by atoms with E-state index in [1.54, 1.807) is 17.0 Å². The van der Waals surface area contributed by atoms with E-state index in [0.717, 1.165) is 54.2 Å². The maximum Gasteiger partial charge on any atom is 0.410 e. The molecule has 7 rings (SSSR count). The number of carbonyl (C=O) groups is 5. The first-order valence-electron chi connectivity index (χ1n) is 21.9. The zero-order chi connectivity index (χ0) is 47.3. The maximum absolute atomic E-state index is 14.1. The van der Waals surface area contributed by atoms with Crippen LogP contribution in [-0.2, 0) is 80.3 Å². The van der Waals surface area contributed by atoms with Crippen LogP contribution in [0.15, 0.2) is 127 Å². The van der Waals surface area contributed by atoms with Crippen LogP contribution in [0.1, 0.15) is 67.1 Å². The fraction of sp³-hybridized carbons (Fsp3) is 0.327. The number of hydrogen-bond donors (Lipinski definition) is 0. The molecule has 0 bridgehead atoms. The van der Waals surface area contributed by atoms with Crippen molar-refractivity contribution in [1.82, 2.24) is 4.90 Å². The minimum absolute atomic E-state index is 0.0960. The van der Waals surface area contributed by atoms with Gasteiger partial charge in [0.1, 0.15) is 38.3 Å². The van der Waals surface area contributed by atoms with Crippen LogP contribution in [0.25, 0.3) is 0 Å². The van der Waals surface area contributed by atoms with Crippen LogP contribution >= 0.6 is 0 Å². The number of rotatable bonds is 17. The molecule has 0 spiro atoms. The number of nitrogens with zero attached hydrogens (tertiary/aromatic N) is 1. The lowest BCUT2D eigenvalue weighted by Crippen LogP contribution is -2.63. The molecular formula is C52H53NO14. The van der Waals surface area contributed by atoms with Gasteiger partial charge >= 0.3 is 30.0 Å². The summed E-state index contributed by atoms with van der Waals surface area (Å²) in [6, 6.07) is 39.6. The van der Waals surface area contributed by atoms with Crippen molar-refractivity contribution in [2.45, 2.75) is 97.1 Å². The number of carbonyl (C=O) groups excluding carboxylic acids is 5. The van der Waals surface area contributed by atoms with Crippen LogP contribution in [0.4, 0.5) is 4.79 Å². The molecule has 6 atom stereocenters. The van der Waals surface area contributed by atoms with Crippen LogP contribution in [0.5, 0.6) is 17.2 Å². The molecule has 1 fully saturated rings. The first-order valence-corrected chi connectivity index (χ1v) is 21.9. The fourth-order valence-corrected chi connectivity index (χ4v) is 7.99. The maximum atomic E-state index is 14.1. The molecule has 0 aliphatic carbocycles. The molecule has 5 aromatic carbocycles. The Labute approximate surface area is 388 Å². The van der Waals surface area contributed by atoms with E-state index in [2.05, 4.69) is 0 Å². The topological polar surface area (TPSA) is 172 Å². The largest absolute Gasteiger partial charge is 0.485 e. The van der Waals surface area contributed by atoms with E-state index in [-0.39, 0.29) is 19.0 Å². The predicted molar refractivity (Wildman–Crippen MR) is 240 cm³/mol. The van der Waals surface area contributed by atoms with Gasteiger partial charge in [-0.2, -0.15) is 0 Å². The quantitative estimate of drug-likeness (QED) is 0.0654. The highest BCUT2D eigenvalue weighted by Gasteiger charge is 2.53. The van der Waals surface area contributed by atoms with Gasteiger partial charge in [0.05, 0.1) is 6.04 Å². The van der Waals surface area contributed by atoms with Gasteiger partial charge in [-0.25, -0.2) is 4.79 Å². The van der Waals surface area contributed by atoms with Gasteiger partial charge in [0.15, 0.2) is 23.7 Å². The Morgan fingerprint density at radius 3 is 1.64 bits per heavy atom. The molecule has 0 radical (unpaired) electrons. The number of ether oxygens (including phenoxy) is 9. The minimum Gasteiger partial charge on any atom is -0.485 e. The van der Waals surface area contributed by atoms with E-state index < -0.39 is 73.3 Å². The molecule has 0 N–H and O–H groups in total. The van der Waals surface area contributed by atoms with Crippen LogP contribution in [-0.4, -0.2) is 78.7 Å². The SMILES string of the molecule is CC(=O)OC[C@H]1O[C@@H](Oc2ccc(C[C@@H]3c4cc(OCc5ccccc5)c(OCc5ccccc5)cc4CCN3C(=O)OCc3ccccc3)cc2)[C@H](OC(C)=O)[C@@H](OC(C)=O)[C@@H]1OC(C)=O. The Bertz CT molecular complexity index is 2470. The summed E-state index contributed by atoms with van der Waals surface area (Å²) >= 11 is 0. The number of amides is 1. The first-order chi connectivity index (χ1) is 32.4. The Hall–Kier alpha value is -7.39. The normalized spacial score (nSPS) is 19.7. The standard InChI is InChI=1S/C52H53NO14/c1-33(54)59-32-47-48(63-34(2)55)49(64-35(3)56)50(65-36(4)57)51(67-47)66-42-22-20-37(21-23-42)26-44-43-28-46(61-30-39-16-10-6-11-17-39)45(60-29-38-14-8-5-9-15-38)27-41(43)24-25-53(44)52(58)62-31-40-18-12-7-13-19-40/h5-23,27-28,44,47-51H,24-26,29-32H2,1-4H3/t44-,47-,48-,49+,50-,51-/m1/s1. The van der Waals surface area contributed by atoms with E-state index in [9.17, 15) is 24.0 Å². The van der Waals surface area contributed by atoms with Gasteiger partial charge in [-0.3, -0.25) is 19.2 Å². The second kappa shape index (κ2) is 22.7. The molecule has 0 aromatic heterocycles. The van der Waals surface area contributed by atoms with E-state index in [1.807, 2.05) is 115 Å². The Kier molecular flexibility index (Phi) is 16.1. The summed E-state index contributed by atoms with van der Waals surface area (Å²) in [7, 11) is 0. The third-order valence-corrected chi connectivity index (χ3v) is 11.0. The molecule has 0 unspecified atom stereocenters. The van der Waals surface area contributed by atoms with Crippen LogP contribution < -0.4 is 14.2 Å². The van der Waals surface area contributed by atoms with Gasteiger partial charge in [0, 0.05) is 34.2 Å². The van der Waals surface area contributed by atoms with Crippen molar-refractivity contribution in [3.63, 3.8) is 0 Å². The number of fused-ring (bicyclic) bond motifs is 1. The molecule has 2 aliphatic heterocycles. The van der Waals surface area contributed by atoms with Crippen molar-refractivity contribution < 1.29 is 66.6 Å². The number of benzene rings is 5. The average Bonchev–Trinajstić information content (AvgIpc) is 3.31. The monoisotopic (exact) mass is 915 g/mol. The van der Waals surface area contributed by atoms with Crippen molar-refractivity contribution >= 4 is 30.0 Å². The smallest absolute Gasteiger partial charge is 0.410 e. The van der Waals surface area contributed by atoms with Gasteiger partial charge in [-0.05, 0) is 70.5 Å². The molecular weight excluding hydrogens is 863 g/mol. The van der Waals surface area contributed by atoms with Gasteiger partial charge in [0.25, 0.3) is 0 Å². The highest BCUT2D eigenvalue weighted by molar-refractivity contribution is 5.70. The number of hydrogen-bond acceptors (Lipinski definition) is 14. The van der Waals surface area contributed by atoms with Crippen molar-refractivity contribution in [3.05, 3.63) is 161 Å². The lowest BCUT2D eigenvalue weighted by molar-refractivity contribution is -0.288. The third kappa shape index (κ3) is 13.1. The summed E-state index contributed by atoms with van der Waals surface area (Å²) in [4.78, 5) is 64.6. The number of esters is 4. The Morgan fingerprint density at radius 1 is 0.567 bits per heavy atom. The average molecular weight is 916 g/mol. The van der Waals surface area contributed by atoms with Crippen LogP contribution in [0, 0.1) is 0 Å². The molecule has 15 nitrogen and oxygen atoms in total. The molecule has 350 valence electrons. The highest BCUT2D eigenvalue weighted by atomic mass is 16.7. The summed E-state index contributed by atoms with van der Waals surface area (Å²) in [6.45, 7) is 5.33. The summed E-state index contributed by atoms with van der Waals surface area (Å²) < 4.78 is 53.1. The highest BCUT2D eigenvalue weighted by Crippen LogP contribution is 2.41. The van der Waals surface area contributed by atoms with Gasteiger partial charge in [-0.1, -0.05) is 103 Å². The van der Waals surface area contributed by atoms with E-state index in [1.165, 1.54) is 6.92 Å². The zero-order valence-corrected chi connectivity index (χ0v) is 37.7. The van der Waals surface area contributed by atoms with E-state index in [4.69, 9.17) is 42.6 Å². The van der Waals surface area contributed by atoms with Crippen molar-refractivity contribution in [2.75, 3.05) is 13.2 Å². The molecule has 5 aromatic rings. The Balaban J connectivity index is 1.18. The molecule has 2 heterocycles. The van der Waals surface area contributed by atoms with E-state index in [0.29, 0.717) is 37.5 Å². The minimum atomic E-state index is -1.42. The molecule has 15 heteroatoms. The molecule has 67 heavy (non-hydrogen) atoms. The molecule has 2 aliphatic rings. The Morgan fingerprint density at radius 2 is 1.09 bits per heavy atom. The summed E-state index contributed by atoms with van der Waals surface area (Å²) in [6.07, 6.45) is -6.31. The second-order valence-corrected chi connectivity index (χ2v) is 16.1. The summed E-state index contributed by atoms with van der Waals surface area (Å²) in [5.74, 6) is -1.52. The molecule has 0 saturated carbocycles. The van der Waals surface area contributed by atoms with Crippen LogP contribution in [0.3, 0.4) is 0 Å². The molecule has 1 saturated heterocycles. The van der Waals surface area contributed by atoms with Crippen molar-refractivity contribution in [1.29, 1.82) is 0 Å². The van der Waals surface area contributed by atoms with Gasteiger partial charge in [0.2, 0.25) is 12.4 Å². The van der Waals surface area contributed by atoms with Gasteiger partial charge < -0.3 is 47.5 Å². The van der Waals surface area contributed by atoms with Crippen LogP contribution in [0.2, 0.25) is 0 Å². The van der Waals surface area contributed by atoms with Gasteiger partial charge in [-0.15, -0.1) is 0 Å².